The maximum absolute atomic E-state index is 12.7. The first-order chi connectivity index (χ1) is 6.27. The van der Waals surface area contributed by atoms with E-state index in [1.807, 2.05) is 11.8 Å². The van der Waals surface area contributed by atoms with E-state index in [1.54, 1.807) is 12.1 Å². The van der Waals surface area contributed by atoms with Crippen LogP contribution in [0.3, 0.4) is 0 Å². The minimum atomic E-state index is -0.451. The molecule has 0 aliphatic rings. The van der Waals surface area contributed by atoms with Crippen molar-refractivity contribution in [2.45, 2.75) is 6.92 Å². The Labute approximate surface area is 77.4 Å². The smallest absolute Gasteiger partial charge is 0.214 e. The highest BCUT2D eigenvalue weighted by molar-refractivity contribution is 5.37. The predicted octanol–water partition coefficient (Wildman–Crippen LogP) is 1.01. The predicted molar refractivity (Wildman–Crippen MR) is 51.1 cm³/mol. The van der Waals surface area contributed by atoms with Gasteiger partial charge in [0.1, 0.15) is 5.82 Å². The minimum Gasteiger partial charge on any atom is -0.356 e. The number of hydrogen-bond donors (Lipinski definition) is 1. The lowest BCUT2D eigenvalue weighted by atomic mass is 10.4. The first-order valence-electron chi connectivity index (χ1n) is 4.35. The van der Waals surface area contributed by atoms with Crippen LogP contribution in [0.2, 0.25) is 0 Å². The van der Waals surface area contributed by atoms with Crippen molar-refractivity contribution in [1.82, 2.24) is 4.98 Å². The SMILES string of the molecule is CCN(CCN)c1cccc(F)n1. The average molecular weight is 183 g/mol. The molecule has 0 spiro atoms. The lowest BCUT2D eigenvalue weighted by molar-refractivity contribution is 0.581. The maximum Gasteiger partial charge on any atom is 0.214 e. The summed E-state index contributed by atoms with van der Waals surface area (Å²) in [5, 5.41) is 0. The van der Waals surface area contributed by atoms with Gasteiger partial charge in [-0.3, -0.25) is 0 Å². The van der Waals surface area contributed by atoms with Gasteiger partial charge in [-0.05, 0) is 19.1 Å². The van der Waals surface area contributed by atoms with Crippen LogP contribution in [-0.2, 0) is 0 Å². The van der Waals surface area contributed by atoms with Crippen LogP contribution in [0.5, 0.6) is 0 Å². The second kappa shape index (κ2) is 4.77. The molecule has 0 saturated heterocycles. The fourth-order valence-electron chi connectivity index (χ4n) is 1.16. The third-order valence-corrected chi connectivity index (χ3v) is 1.81. The first-order valence-corrected chi connectivity index (χ1v) is 4.35. The summed E-state index contributed by atoms with van der Waals surface area (Å²) in [6.07, 6.45) is 0. The number of hydrogen-bond acceptors (Lipinski definition) is 3. The average Bonchev–Trinajstić information content (AvgIpc) is 2.14. The van der Waals surface area contributed by atoms with Crippen LogP contribution < -0.4 is 10.6 Å². The molecule has 0 aliphatic carbocycles. The quantitative estimate of drug-likeness (QED) is 0.708. The van der Waals surface area contributed by atoms with Crippen LogP contribution in [0.4, 0.5) is 10.2 Å². The highest BCUT2D eigenvalue weighted by Gasteiger charge is 2.04. The monoisotopic (exact) mass is 183 g/mol. The van der Waals surface area contributed by atoms with Crippen molar-refractivity contribution in [2.24, 2.45) is 5.73 Å². The number of pyridine rings is 1. The molecule has 1 aromatic rings. The molecule has 1 heterocycles. The summed E-state index contributed by atoms with van der Waals surface area (Å²) in [5.74, 6) is 0.195. The van der Waals surface area contributed by atoms with Gasteiger partial charge < -0.3 is 10.6 Å². The summed E-state index contributed by atoms with van der Waals surface area (Å²) in [7, 11) is 0. The molecule has 0 atom stereocenters. The van der Waals surface area contributed by atoms with Gasteiger partial charge in [0.15, 0.2) is 0 Å². The Hall–Kier alpha value is -1.16. The van der Waals surface area contributed by atoms with Gasteiger partial charge in [0, 0.05) is 19.6 Å². The Morgan fingerprint density at radius 3 is 2.85 bits per heavy atom. The Morgan fingerprint density at radius 2 is 2.31 bits per heavy atom. The van der Waals surface area contributed by atoms with E-state index < -0.39 is 5.95 Å². The summed E-state index contributed by atoms with van der Waals surface area (Å²) in [6.45, 7) is 4.02. The molecule has 0 saturated carbocycles. The van der Waals surface area contributed by atoms with Crippen molar-refractivity contribution < 1.29 is 4.39 Å². The van der Waals surface area contributed by atoms with Crippen LogP contribution in [0.1, 0.15) is 6.92 Å². The number of anilines is 1. The molecule has 3 nitrogen and oxygen atoms in total. The molecule has 0 radical (unpaired) electrons. The molecule has 4 heteroatoms. The summed E-state index contributed by atoms with van der Waals surface area (Å²) in [4.78, 5) is 5.70. The Kier molecular flexibility index (Phi) is 3.64. The zero-order chi connectivity index (χ0) is 9.68. The van der Waals surface area contributed by atoms with Crippen molar-refractivity contribution in [1.29, 1.82) is 0 Å². The highest BCUT2D eigenvalue weighted by atomic mass is 19.1. The van der Waals surface area contributed by atoms with Crippen LogP contribution in [0, 0.1) is 5.95 Å². The van der Waals surface area contributed by atoms with Crippen LogP contribution in [0.25, 0.3) is 0 Å². The van der Waals surface area contributed by atoms with E-state index in [4.69, 9.17) is 5.73 Å². The van der Waals surface area contributed by atoms with Gasteiger partial charge in [-0.1, -0.05) is 6.07 Å². The zero-order valence-electron chi connectivity index (χ0n) is 7.70. The van der Waals surface area contributed by atoms with Crippen LogP contribution in [0.15, 0.2) is 18.2 Å². The molecule has 2 N–H and O–H groups in total. The summed E-state index contributed by atoms with van der Waals surface area (Å²) >= 11 is 0. The van der Waals surface area contributed by atoms with E-state index in [9.17, 15) is 4.39 Å². The van der Waals surface area contributed by atoms with Gasteiger partial charge in [0.25, 0.3) is 0 Å². The molecule has 0 bridgehead atoms. The van der Waals surface area contributed by atoms with E-state index in [0.29, 0.717) is 18.9 Å². The Balaban J connectivity index is 2.78. The third-order valence-electron chi connectivity index (χ3n) is 1.81. The molecule has 0 fully saturated rings. The lowest BCUT2D eigenvalue weighted by Gasteiger charge is -2.20. The second-order valence-electron chi connectivity index (χ2n) is 2.69. The largest absolute Gasteiger partial charge is 0.356 e. The molecule has 72 valence electrons. The fraction of sp³-hybridized carbons (Fsp3) is 0.444. The van der Waals surface area contributed by atoms with E-state index in [0.717, 1.165) is 6.54 Å². The maximum atomic E-state index is 12.7. The van der Waals surface area contributed by atoms with E-state index in [-0.39, 0.29) is 0 Å². The number of nitrogens with two attached hydrogens (primary N) is 1. The number of aromatic nitrogens is 1. The normalized spacial score (nSPS) is 10.1. The van der Waals surface area contributed by atoms with Crippen molar-refractivity contribution >= 4 is 5.82 Å². The summed E-state index contributed by atoms with van der Waals surface area (Å²) in [6, 6.07) is 4.76. The van der Waals surface area contributed by atoms with Gasteiger partial charge in [0.05, 0.1) is 0 Å². The Bertz CT molecular complexity index is 265. The van der Waals surface area contributed by atoms with Crippen molar-refractivity contribution in [3.05, 3.63) is 24.1 Å². The van der Waals surface area contributed by atoms with Crippen LogP contribution in [-0.4, -0.2) is 24.6 Å². The van der Waals surface area contributed by atoms with Gasteiger partial charge in [-0.25, -0.2) is 4.98 Å². The molecule has 0 aliphatic heterocycles. The van der Waals surface area contributed by atoms with E-state index >= 15 is 0 Å². The summed E-state index contributed by atoms with van der Waals surface area (Å²) < 4.78 is 12.7. The highest BCUT2D eigenvalue weighted by Crippen LogP contribution is 2.09. The molecule has 0 unspecified atom stereocenters. The number of likely N-dealkylation sites (N-methyl/N-ethyl adjacent to an activating group) is 1. The molecular formula is C9H14FN3. The van der Waals surface area contributed by atoms with Gasteiger partial charge in [0.2, 0.25) is 5.95 Å². The topological polar surface area (TPSA) is 42.1 Å². The van der Waals surface area contributed by atoms with Crippen molar-refractivity contribution in [3.8, 4) is 0 Å². The molecule has 0 amide bonds. The first kappa shape index (κ1) is 9.92. The van der Waals surface area contributed by atoms with Gasteiger partial charge in [-0.15, -0.1) is 0 Å². The van der Waals surface area contributed by atoms with Crippen molar-refractivity contribution in [3.63, 3.8) is 0 Å². The van der Waals surface area contributed by atoms with E-state index in [2.05, 4.69) is 4.98 Å². The number of halogens is 1. The molecule has 1 rings (SSSR count). The molecule has 13 heavy (non-hydrogen) atoms. The van der Waals surface area contributed by atoms with Crippen LogP contribution >= 0.6 is 0 Å². The number of nitrogens with zero attached hydrogens (tertiary/aromatic N) is 2. The van der Waals surface area contributed by atoms with Crippen molar-refractivity contribution in [2.75, 3.05) is 24.5 Å². The standard InChI is InChI=1S/C9H14FN3/c1-2-13(7-6-11)9-5-3-4-8(10)12-9/h3-5H,2,6-7,11H2,1H3. The molecule has 0 aromatic carbocycles. The Morgan fingerprint density at radius 1 is 1.54 bits per heavy atom. The van der Waals surface area contributed by atoms with Gasteiger partial charge in [-0.2, -0.15) is 4.39 Å². The zero-order valence-corrected chi connectivity index (χ0v) is 7.70. The fourth-order valence-corrected chi connectivity index (χ4v) is 1.16. The third kappa shape index (κ3) is 2.66. The second-order valence-corrected chi connectivity index (χ2v) is 2.69. The lowest BCUT2D eigenvalue weighted by Crippen LogP contribution is -2.29. The molecular weight excluding hydrogens is 169 g/mol. The number of rotatable bonds is 4. The van der Waals surface area contributed by atoms with Gasteiger partial charge >= 0.3 is 0 Å². The molecule has 1 aromatic heterocycles. The minimum absolute atomic E-state index is 0.451. The van der Waals surface area contributed by atoms with E-state index in [1.165, 1.54) is 6.07 Å². The summed E-state index contributed by atoms with van der Waals surface area (Å²) in [5.41, 5.74) is 5.42.